The molecule has 0 aromatic heterocycles. The minimum absolute atomic E-state index is 0.0412. The fraction of sp³-hybridized carbons (Fsp3) is 0.533. The Kier molecular flexibility index (Phi) is 5.15. The molecule has 0 aliphatic heterocycles. The first-order valence-electron chi connectivity index (χ1n) is 6.70. The largest absolute Gasteiger partial charge is 0.469 e. The third-order valence-electron chi connectivity index (χ3n) is 3.72. The summed E-state index contributed by atoms with van der Waals surface area (Å²) in [7, 11) is 1.45. The van der Waals surface area contributed by atoms with E-state index in [1.807, 2.05) is 6.92 Å². The first kappa shape index (κ1) is 15.9. The molecule has 0 heterocycles. The predicted octanol–water partition coefficient (Wildman–Crippen LogP) is 3.90. The molecule has 1 fully saturated rings. The van der Waals surface area contributed by atoms with Gasteiger partial charge in [-0.2, -0.15) is 0 Å². The quantitative estimate of drug-likeness (QED) is 0.619. The molecule has 0 radical (unpaired) electrons. The predicted molar refractivity (Wildman–Crippen MR) is 85.8 cm³/mol. The molecule has 1 aliphatic rings. The first-order valence-corrected chi connectivity index (χ1v) is 8.48. The van der Waals surface area contributed by atoms with Gasteiger partial charge < -0.3 is 10.5 Å². The highest BCUT2D eigenvalue weighted by Gasteiger charge is 2.44. The van der Waals surface area contributed by atoms with E-state index in [9.17, 15) is 4.79 Å². The van der Waals surface area contributed by atoms with Crippen LogP contribution in [-0.4, -0.2) is 18.8 Å². The molecule has 20 heavy (non-hydrogen) atoms. The summed E-state index contributed by atoms with van der Waals surface area (Å²) >= 11 is 5.39. The van der Waals surface area contributed by atoms with Crippen molar-refractivity contribution in [1.29, 1.82) is 0 Å². The number of carbonyl (C=O) groups is 1. The van der Waals surface area contributed by atoms with Gasteiger partial charge >= 0.3 is 5.97 Å². The molecule has 0 unspecified atom stereocenters. The lowest BCUT2D eigenvalue weighted by molar-refractivity contribution is -0.141. The zero-order valence-electron chi connectivity index (χ0n) is 11.8. The topological polar surface area (TPSA) is 52.3 Å². The average Bonchev–Trinajstić information content (AvgIpc) is 3.17. The maximum Gasteiger partial charge on any atom is 0.306 e. The summed E-state index contributed by atoms with van der Waals surface area (Å²) in [6.45, 7) is 1.98. The standard InChI is InChI=1S/C15H20BrNO2S/c1-10(17)11-3-4-13(12(16)7-11)20-9-15(5-6-15)8-14(18)19-2/h3-4,7,10H,5-6,8-9,17H2,1-2H3/t10-/m1/s1. The van der Waals surface area contributed by atoms with Gasteiger partial charge in [0.05, 0.1) is 13.5 Å². The van der Waals surface area contributed by atoms with E-state index < -0.39 is 0 Å². The lowest BCUT2D eigenvalue weighted by Crippen LogP contribution is -2.13. The molecule has 2 rings (SSSR count). The van der Waals surface area contributed by atoms with Gasteiger partial charge in [-0.1, -0.05) is 6.07 Å². The Morgan fingerprint density at radius 3 is 2.75 bits per heavy atom. The van der Waals surface area contributed by atoms with Crippen LogP contribution >= 0.6 is 27.7 Å². The maximum atomic E-state index is 11.4. The van der Waals surface area contributed by atoms with Gasteiger partial charge in [-0.05, 0) is 58.8 Å². The molecule has 3 nitrogen and oxygen atoms in total. The number of carbonyl (C=O) groups excluding carboxylic acids is 1. The van der Waals surface area contributed by atoms with Crippen LogP contribution in [0.15, 0.2) is 27.6 Å². The van der Waals surface area contributed by atoms with E-state index in [-0.39, 0.29) is 17.4 Å². The van der Waals surface area contributed by atoms with Crippen LogP contribution < -0.4 is 5.73 Å². The minimum Gasteiger partial charge on any atom is -0.469 e. The van der Waals surface area contributed by atoms with Crippen molar-refractivity contribution < 1.29 is 9.53 Å². The van der Waals surface area contributed by atoms with E-state index in [2.05, 4.69) is 34.1 Å². The number of benzene rings is 1. The second-order valence-electron chi connectivity index (χ2n) is 5.52. The van der Waals surface area contributed by atoms with Gasteiger partial charge in [-0.25, -0.2) is 0 Å². The summed E-state index contributed by atoms with van der Waals surface area (Å²) in [6, 6.07) is 6.28. The van der Waals surface area contributed by atoms with Crippen molar-refractivity contribution in [2.75, 3.05) is 12.9 Å². The summed E-state index contributed by atoms with van der Waals surface area (Å²) in [4.78, 5) is 12.6. The normalized spacial score (nSPS) is 17.6. The minimum atomic E-state index is -0.102. The molecule has 0 spiro atoms. The number of thioether (sulfide) groups is 1. The van der Waals surface area contributed by atoms with E-state index in [1.165, 1.54) is 12.0 Å². The van der Waals surface area contributed by atoms with Crippen molar-refractivity contribution >= 4 is 33.7 Å². The summed E-state index contributed by atoms with van der Waals surface area (Å²) in [5.74, 6) is 0.854. The molecular weight excluding hydrogens is 338 g/mol. The Hall–Kier alpha value is -0.520. The highest BCUT2D eigenvalue weighted by Crippen LogP contribution is 2.52. The van der Waals surface area contributed by atoms with Gasteiger partial charge in [0.2, 0.25) is 0 Å². The average molecular weight is 358 g/mol. The highest BCUT2D eigenvalue weighted by molar-refractivity contribution is 9.10. The van der Waals surface area contributed by atoms with Crippen LogP contribution in [-0.2, 0) is 9.53 Å². The molecule has 110 valence electrons. The Balaban J connectivity index is 1.96. The number of halogens is 1. The Morgan fingerprint density at radius 2 is 2.25 bits per heavy atom. The fourth-order valence-electron chi connectivity index (χ4n) is 2.08. The third kappa shape index (κ3) is 3.99. The van der Waals surface area contributed by atoms with Gasteiger partial charge in [0.1, 0.15) is 0 Å². The monoisotopic (exact) mass is 357 g/mol. The molecule has 1 aliphatic carbocycles. The van der Waals surface area contributed by atoms with Crippen LogP contribution in [0.1, 0.15) is 37.8 Å². The van der Waals surface area contributed by atoms with Crippen LogP contribution in [0.4, 0.5) is 0 Å². The molecule has 2 N–H and O–H groups in total. The summed E-state index contributed by atoms with van der Waals surface area (Å²) < 4.78 is 5.85. The smallest absolute Gasteiger partial charge is 0.306 e. The Bertz CT molecular complexity index is 501. The third-order valence-corrected chi connectivity index (χ3v) is 6.06. The van der Waals surface area contributed by atoms with Crippen molar-refractivity contribution in [3.63, 3.8) is 0 Å². The number of nitrogens with two attached hydrogens (primary N) is 1. The second kappa shape index (κ2) is 6.50. The number of hydrogen-bond donors (Lipinski definition) is 1. The first-order chi connectivity index (χ1) is 9.46. The summed E-state index contributed by atoms with van der Waals surface area (Å²) in [5, 5.41) is 0. The van der Waals surface area contributed by atoms with Gasteiger partial charge in [0, 0.05) is 21.2 Å². The van der Waals surface area contributed by atoms with E-state index in [0.717, 1.165) is 28.6 Å². The van der Waals surface area contributed by atoms with Crippen molar-refractivity contribution in [2.45, 2.75) is 37.1 Å². The second-order valence-corrected chi connectivity index (χ2v) is 7.39. The number of methoxy groups -OCH3 is 1. The van der Waals surface area contributed by atoms with Crippen LogP contribution in [0.25, 0.3) is 0 Å². The van der Waals surface area contributed by atoms with Gasteiger partial charge in [0.15, 0.2) is 0 Å². The van der Waals surface area contributed by atoms with E-state index in [0.29, 0.717) is 6.42 Å². The van der Waals surface area contributed by atoms with Crippen LogP contribution in [0.2, 0.25) is 0 Å². The molecule has 0 bridgehead atoms. The van der Waals surface area contributed by atoms with Crippen LogP contribution in [0, 0.1) is 5.41 Å². The van der Waals surface area contributed by atoms with E-state index in [1.54, 1.807) is 11.8 Å². The maximum absolute atomic E-state index is 11.4. The molecule has 5 heteroatoms. The number of esters is 1. The fourth-order valence-corrected chi connectivity index (χ4v) is 4.03. The van der Waals surface area contributed by atoms with Gasteiger partial charge in [0.25, 0.3) is 0 Å². The van der Waals surface area contributed by atoms with Crippen LogP contribution in [0.3, 0.4) is 0 Å². The summed E-state index contributed by atoms with van der Waals surface area (Å²) in [6.07, 6.45) is 2.77. The van der Waals surface area contributed by atoms with E-state index >= 15 is 0 Å². The van der Waals surface area contributed by atoms with E-state index in [4.69, 9.17) is 10.5 Å². The molecule has 0 amide bonds. The molecule has 1 atom stereocenters. The summed E-state index contributed by atoms with van der Waals surface area (Å²) in [5.41, 5.74) is 7.15. The van der Waals surface area contributed by atoms with Gasteiger partial charge in [-0.15, -0.1) is 11.8 Å². The van der Waals surface area contributed by atoms with Crippen molar-refractivity contribution in [1.82, 2.24) is 0 Å². The van der Waals surface area contributed by atoms with Gasteiger partial charge in [-0.3, -0.25) is 4.79 Å². The lowest BCUT2D eigenvalue weighted by Gasteiger charge is -2.14. The number of ether oxygens (including phenoxy) is 1. The number of rotatable bonds is 6. The zero-order chi connectivity index (χ0) is 14.8. The van der Waals surface area contributed by atoms with Crippen molar-refractivity contribution in [3.05, 3.63) is 28.2 Å². The lowest BCUT2D eigenvalue weighted by atomic mass is 10.1. The Morgan fingerprint density at radius 1 is 1.55 bits per heavy atom. The highest BCUT2D eigenvalue weighted by atomic mass is 79.9. The zero-order valence-corrected chi connectivity index (χ0v) is 14.2. The SMILES string of the molecule is COC(=O)CC1(CSc2ccc([C@@H](C)N)cc2Br)CC1. The molecular formula is C15H20BrNO2S. The number of hydrogen-bond acceptors (Lipinski definition) is 4. The molecule has 1 aromatic carbocycles. The molecule has 1 aromatic rings. The molecule has 1 saturated carbocycles. The molecule has 0 saturated heterocycles. The van der Waals surface area contributed by atoms with Crippen LogP contribution in [0.5, 0.6) is 0 Å². The van der Waals surface area contributed by atoms with Crippen molar-refractivity contribution in [2.24, 2.45) is 11.1 Å². The van der Waals surface area contributed by atoms with Crippen molar-refractivity contribution in [3.8, 4) is 0 Å². The Labute approximate surface area is 132 Å².